The second-order valence-electron chi connectivity index (χ2n) is 4.01. The van der Waals surface area contributed by atoms with E-state index in [9.17, 15) is 4.79 Å². The number of amides is 1. The Morgan fingerprint density at radius 1 is 1.42 bits per heavy atom. The highest BCUT2D eigenvalue weighted by Crippen LogP contribution is 2.12. The molecule has 1 rings (SSSR count). The molecule has 0 saturated heterocycles. The summed E-state index contributed by atoms with van der Waals surface area (Å²) >= 11 is 0. The maximum Gasteiger partial charge on any atom is 0.246 e. The van der Waals surface area contributed by atoms with Gasteiger partial charge in [0.1, 0.15) is 13.2 Å². The zero-order chi connectivity index (χ0) is 14.1. The van der Waals surface area contributed by atoms with Crippen molar-refractivity contribution in [1.29, 1.82) is 0 Å². The molecule has 0 aromatic heterocycles. The summed E-state index contributed by atoms with van der Waals surface area (Å²) in [4.78, 5) is 11.5. The minimum atomic E-state index is -0.147. The Bertz CT molecular complexity index is 457. The standard InChI is InChI=1S/C15H19NO3/c1-3-19-11-15(18)16-12(2)14-8-6-13(7-9-14)5-4-10-17/h6-9,12,17H,3,10-11H2,1-2H3,(H,16,18). The molecule has 1 amide bonds. The lowest BCUT2D eigenvalue weighted by molar-refractivity contribution is -0.126. The highest BCUT2D eigenvalue weighted by atomic mass is 16.5. The first-order valence-corrected chi connectivity index (χ1v) is 6.24. The highest BCUT2D eigenvalue weighted by Gasteiger charge is 2.08. The third-order valence-electron chi connectivity index (χ3n) is 2.54. The molecule has 1 aromatic rings. The second-order valence-corrected chi connectivity index (χ2v) is 4.01. The Balaban J connectivity index is 2.57. The van der Waals surface area contributed by atoms with Gasteiger partial charge in [-0.2, -0.15) is 0 Å². The number of carbonyl (C=O) groups excluding carboxylic acids is 1. The van der Waals surface area contributed by atoms with Crippen LogP contribution in [0, 0.1) is 11.8 Å². The monoisotopic (exact) mass is 261 g/mol. The molecule has 4 nitrogen and oxygen atoms in total. The molecule has 1 unspecified atom stereocenters. The first kappa shape index (κ1) is 15.2. The van der Waals surface area contributed by atoms with E-state index in [4.69, 9.17) is 9.84 Å². The molecule has 0 saturated carbocycles. The maximum absolute atomic E-state index is 11.5. The van der Waals surface area contributed by atoms with Gasteiger partial charge in [0.25, 0.3) is 0 Å². The Labute approximate surface area is 113 Å². The molecule has 1 aromatic carbocycles. The molecule has 0 aliphatic rings. The topological polar surface area (TPSA) is 58.6 Å². The Hall–Kier alpha value is -1.83. The number of carbonyl (C=O) groups is 1. The molecule has 0 bridgehead atoms. The third kappa shape index (κ3) is 5.56. The van der Waals surface area contributed by atoms with Gasteiger partial charge in [-0.1, -0.05) is 24.0 Å². The summed E-state index contributed by atoms with van der Waals surface area (Å²) < 4.78 is 5.04. The van der Waals surface area contributed by atoms with Gasteiger partial charge in [-0.3, -0.25) is 4.79 Å². The lowest BCUT2D eigenvalue weighted by Crippen LogP contribution is -2.30. The van der Waals surface area contributed by atoms with Gasteiger partial charge in [0.2, 0.25) is 5.91 Å². The summed E-state index contributed by atoms with van der Waals surface area (Å²) in [6, 6.07) is 7.47. The molecule has 19 heavy (non-hydrogen) atoms. The van der Waals surface area contributed by atoms with Gasteiger partial charge in [-0.25, -0.2) is 0 Å². The maximum atomic E-state index is 11.5. The van der Waals surface area contributed by atoms with Crippen LogP contribution in [0.2, 0.25) is 0 Å². The number of hydrogen-bond acceptors (Lipinski definition) is 3. The molecule has 0 fully saturated rings. The fourth-order valence-corrected chi connectivity index (χ4v) is 1.56. The van der Waals surface area contributed by atoms with Crippen molar-refractivity contribution >= 4 is 5.91 Å². The Kier molecular flexibility index (Phi) is 6.65. The molecule has 2 N–H and O–H groups in total. The average molecular weight is 261 g/mol. The predicted molar refractivity (Wildman–Crippen MR) is 73.5 cm³/mol. The highest BCUT2D eigenvalue weighted by molar-refractivity contribution is 5.77. The zero-order valence-electron chi connectivity index (χ0n) is 11.3. The number of aliphatic hydroxyl groups is 1. The number of ether oxygens (including phenoxy) is 1. The Morgan fingerprint density at radius 2 is 2.11 bits per heavy atom. The summed E-state index contributed by atoms with van der Waals surface area (Å²) in [7, 11) is 0. The summed E-state index contributed by atoms with van der Waals surface area (Å²) in [6.45, 7) is 4.23. The molecule has 102 valence electrons. The van der Waals surface area contributed by atoms with E-state index in [0.717, 1.165) is 11.1 Å². The number of nitrogens with one attached hydrogen (secondary N) is 1. The molecule has 0 aliphatic carbocycles. The zero-order valence-corrected chi connectivity index (χ0v) is 11.3. The van der Waals surface area contributed by atoms with Crippen molar-refractivity contribution in [1.82, 2.24) is 5.32 Å². The molecule has 0 radical (unpaired) electrons. The number of benzene rings is 1. The molecule has 0 spiro atoms. The molecule has 1 atom stereocenters. The van der Waals surface area contributed by atoms with Crippen LogP contribution in [0.15, 0.2) is 24.3 Å². The van der Waals surface area contributed by atoms with Crippen LogP contribution in [0.25, 0.3) is 0 Å². The van der Waals surface area contributed by atoms with Crippen LogP contribution < -0.4 is 5.32 Å². The van der Waals surface area contributed by atoms with Crippen molar-refractivity contribution in [3.63, 3.8) is 0 Å². The van der Waals surface area contributed by atoms with Crippen LogP contribution in [0.1, 0.15) is 31.0 Å². The molecule has 0 aliphatic heterocycles. The van der Waals surface area contributed by atoms with E-state index in [2.05, 4.69) is 17.2 Å². The van der Waals surface area contributed by atoms with Crippen LogP contribution in [0.4, 0.5) is 0 Å². The van der Waals surface area contributed by atoms with Gasteiger partial charge in [0.05, 0.1) is 6.04 Å². The second kappa shape index (κ2) is 8.30. The van der Waals surface area contributed by atoms with Gasteiger partial charge in [0.15, 0.2) is 0 Å². The van der Waals surface area contributed by atoms with Crippen LogP contribution in [-0.4, -0.2) is 30.8 Å². The number of aliphatic hydroxyl groups excluding tert-OH is 1. The van der Waals surface area contributed by atoms with Crippen molar-refractivity contribution in [2.75, 3.05) is 19.8 Å². The average Bonchev–Trinajstić information content (AvgIpc) is 2.43. The van der Waals surface area contributed by atoms with Crippen LogP contribution >= 0.6 is 0 Å². The molecule has 0 heterocycles. The summed E-state index contributed by atoms with van der Waals surface area (Å²) in [5, 5.41) is 11.5. The van der Waals surface area contributed by atoms with Crippen LogP contribution in [-0.2, 0) is 9.53 Å². The Morgan fingerprint density at radius 3 is 2.68 bits per heavy atom. The quantitative estimate of drug-likeness (QED) is 0.784. The number of rotatable bonds is 5. The van der Waals surface area contributed by atoms with Crippen LogP contribution in [0.5, 0.6) is 0 Å². The minimum Gasteiger partial charge on any atom is -0.384 e. The largest absolute Gasteiger partial charge is 0.384 e. The van der Waals surface area contributed by atoms with E-state index in [1.54, 1.807) is 0 Å². The predicted octanol–water partition coefficient (Wildman–Crippen LogP) is 1.24. The van der Waals surface area contributed by atoms with Crippen molar-refractivity contribution in [3.05, 3.63) is 35.4 Å². The SMILES string of the molecule is CCOCC(=O)NC(C)c1ccc(C#CCO)cc1. The fourth-order valence-electron chi connectivity index (χ4n) is 1.56. The third-order valence-corrected chi connectivity index (χ3v) is 2.54. The van der Waals surface area contributed by atoms with Crippen molar-refractivity contribution in [3.8, 4) is 11.8 Å². The smallest absolute Gasteiger partial charge is 0.246 e. The van der Waals surface area contributed by atoms with Crippen molar-refractivity contribution in [2.45, 2.75) is 19.9 Å². The van der Waals surface area contributed by atoms with E-state index in [1.807, 2.05) is 38.1 Å². The van der Waals surface area contributed by atoms with Gasteiger partial charge in [-0.15, -0.1) is 0 Å². The van der Waals surface area contributed by atoms with Crippen molar-refractivity contribution < 1.29 is 14.6 Å². The number of hydrogen-bond donors (Lipinski definition) is 2. The van der Waals surface area contributed by atoms with Gasteiger partial charge >= 0.3 is 0 Å². The van der Waals surface area contributed by atoms with E-state index >= 15 is 0 Å². The first-order chi connectivity index (χ1) is 9.17. The van der Waals surface area contributed by atoms with E-state index in [1.165, 1.54) is 0 Å². The van der Waals surface area contributed by atoms with E-state index < -0.39 is 0 Å². The molecular formula is C15H19NO3. The molecular weight excluding hydrogens is 242 g/mol. The fraction of sp³-hybridized carbons (Fsp3) is 0.400. The molecule has 4 heteroatoms. The van der Waals surface area contributed by atoms with Crippen LogP contribution in [0.3, 0.4) is 0 Å². The summed E-state index contributed by atoms with van der Waals surface area (Å²) in [5.74, 6) is 5.28. The lowest BCUT2D eigenvalue weighted by Gasteiger charge is -2.14. The minimum absolute atomic E-state index is 0.0761. The van der Waals surface area contributed by atoms with Gasteiger partial charge < -0.3 is 15.2 Å². The van der Waals surface area contributed by atoms with E-state index in [-0.39, 0.29) is 25.2 Å². The summed E-state index contributed by atoms with van der Waals surface area (Å²) in [6.07, 6.45) is 0. The first-order valence-electron chi connectivity index (χ1n) is 6.24. The van der Waals surface area contributed by atoms with Crippen molar-refractivity contribution in [2.24, 2.45) is 0 Å². The summed E-state index contributed by atoms with van der Waals surface area (Å²) in [5.41, 5.74) is 1.84. The lowest BCUT2D eigenvalue weighted by atomic mass is 10.1. The van der Waals surface area contributed by atoms with Gasteiger partial charge in [0, 0.05) is 12.2 Å². The normalized spacial score (nSPS) is 11.3. The van der Waals surface area contributed by atoms with Gasteiger partial charge in [-0.05, 0) is 31.5 Å². The van der Waals surface area contributed by atoms with E-state index in [0.29, 0.717) is 6.61 Å².